The average molecular weight is 665 g/mol. The Morgan fingerprint density at radius 2 is 1.88 bits per heavy atom. The number of ether oxygens (including phenoxy) is 3. The van der Waals surface area contributed by atoms with Crippen LogP contribution >= 0.6 is 26.0 Å². The molecule has 0 spiro atoms. The molecule has 3 aliphatic heterocycles. The minimum absolute atomic E-state index is 0.00271. The molecule has 0 bridgehead atoms. The van der Waals surface area contributed by atoms with Gasteiger partial charge in [0.25, 0.3) is 13.4 Å². The molecule has 234 valence electrons. The van der Waals surface area contributed by atoms with E-state index in [1.165, 1.54) is 7.11 Å². The summed E-state index contributed by atoms with van der Waals surface area (Å²) in [7, 11) is -4.07. The Labute approximate surface area is 243 Å². The summed E-state index contributed by atoms with van der Waals surface area (Å²) in [6.45, 7) is -5.85. The van der Waals surface area contributed by atoms with E-state index < -0.39 is 87.4 Å². The summed E-state index contributed by atoms with van der Waals surface area (Å²) < 4.78 is 76.2. The highest BCUT2D eigenvalue weighted by molar-refractivity contribution is 8.54. The van der Waals surface area contributed by atoms with E-state index in [9.17, 15) is 28.5 Å². The van der Waals surface area contributed by atoms with Crippen LogP contribution in [-0.2, 0) is 36.9 Å². The second kappa shape index (κ2) is 11.4. The van der Waals surface area contributed by atoms with Gasteiger partial charge in [0.05, 0.1) is 19.0 Å². The molecule has 6 rings (SSSR count). The van der Waals surface area contributed by atoms with Crippen molar-refractivity contribution in [2.24, 2.45) is 0 Å². The fourth-order valence-corrected chi connectivity index (χ4v) is 8.62. The lowest BCUT2D eigenvalue weighted by molar-refractivity contribution is -0.236. The number of hydrogen-bond acceptors (Lipinski definition) is 17. The van der Waals surface area contributed by atoms with Crippen molar-refractivity contribution in [1.82, 2.24) is 29.1 Å². The first-order valence-corrected chi connectivity index (χ1v) is 17.0. The van der Waals surface area contributed by atoms with E-state index in [4.69, 9.17) is 33.5 Å². The third-order valence-electron chi connectivity index (χ3n) is 6.91. The topological polar surface area (TPSA) is 260 Å². The van der Waals surface area contributed by atoms with E-state index in [1.807, 2.05) is 4.98 Å². The zero-order valence-electron chi connectivity index (χ0n) is 21.7. The molecule has 19 nitrogen and oxygen atoms in total. The number of phosphoric acid groups is 1. The number of nitrogens with one attached hydrogen (secondary N) is 1. The van der Waals surface area contributed by atoms with Gasteiger partial charge in [-0.05, 0) is 0 Å². The van der Waals surface area contributed by atoms with Crippen LogP contribution in [0.15, 0.2) is 34.5 Å². The summed E-state index contributed by atoms with van der Waals surface area (Å²) in [6, 6.07) is 1.02. The van der Waals surface area contributed by atoms with E-state index >= 15 is 4.39 Å². The van der Waals surface area contributed by atoms with Gasteiger partial charge in [0.15, 0.2) is 36.9 Å². The molecule has 23 heteroatoms. The van der Waals surface area contributed by atoms with Crippen molar-refractivity contribution in [3.63, 3.8) is 0 Å². The molecule has 3 N–H and O–H groups in total. The molecule has 6 heterocycles. The molecule has 3 aromatic heterocycles. The molecular weight excluding hydrogens is 643 g/mol. The summed E-state index contributed by atoms with van der Waals surface area (Å²) in [5.41, 5.74) is 4.38. The number of methoxy groups -OCH3 is 1. The quantitative estimate of drug-likeness (QED) is 0.304. The Bertz CT molecular complexity index is 1740. The van der Waals surface area contributed by atoms with Crippen molar-refractivity contribution >= 4 is 43.0 Å². The summed E-state index contributed by atoms with van der Waals surface area (Å²) in [6.07, 6.45) is -9.28. The van der Waals surface area contributed by atoms with Crippen LogP contribution in [-0.4, -0.2) is 85.2 Å². The Balaban J connectivity index is 1.29. The van der Waals surface area contributed by atoms with Crippen LogP contribution in [0.2, 0.25) is 0 Å². The zero-order valence-corrected chi connectivity index (χ0v) is 24.3. The van der Waals surface area contributed by atoms with Crippen molar-refractivity contribution in [2.45, 2.75) is 49.1 Å². The molecule has 43 heavy (non-hydrogen) atoms. The number of rotatable bonds is 3. The lowest BCUT2D eigenvalue weighted by atomic mass is 10.1. The molecule has 3 aliphatic rings. The van der Waals surface area contributed by atoms with Crippen LogP contribution in [0.5, 0.6) is 0 Å². The fraction of sp³-hybridized carbons (Fsp3) is 0.550. The maximum Gasteiger partial charge on any atom is 0.330 e. The van der Waals surface area contributed by atoms with Crippen LogP contribution in [0.25, 0.3) is 11.2 Å². The summed E-state index contributed by atoms with van der Waals surface area (Å²) in [5, 5.41) is 0. The highest BCUT2D eigenvalue weighted by Crippen LogP contribution is 2.57. The summed E-state index contributed by atoms with van der Waals surface area (Å²) in [5.74, 6) is -0.496. The van der Waals surface area contributed by atoms with E-state index in [0.29, 0.717) is 0 Å². The third-order valence-corrected chi connectivity index (χ3v) is 10.8. The lowest BCUT2D eigenvalue weighted by Crippen LogP contribution is -2.41. The Kier molecular flexibility index (Phi) is 8.10. The molecule has 2 unspecified atom stereocenters. The van der Waals surface area contributed by atoms with Gasteiger partial charge in [0, 0.05) is 25.1 Å². The second-order valence-electron chi connectivity index (χ2n) is 9.50. The van der Waals surface area contributed by atoms with E-state index in [0.717, 1.165) is 34.1 Å². The van der Waals surface area contributed by atoms with Gasteiger partial charge in [0.1, 0.15) is 36.3 Å². The van der Waals surface area contributed by atoms with Crippen LogP contribution in [0, 0.1) is 0 Å². The highest BCUT2D eigenvalue weighted by atomic mass is 32.7. The predicted molar refractivity (Wildman–Crippen MR) is 138 cm³/mol. The third kappa shape index (κ3) is 5.83. The molecule has 3 fully saturated rings. The normalized spacial score (nSPS) is 38.7. The van der Waals surface area contributed by atoms with Gasteiger partial charge in [0.2, 0.25) is 0 Å². The van der Waals surface area contributed by atoms with Gasteiger partial charge in [-0.3, -0.25) is 28.0 Å². The number of hydrogen-bond donors (Lipinski definition) is 2. The lowest BCUT2D eigenvalue weighted by Gasteiger charge is -2.34. The first kappa shape index (κ1) is 30.5. The number of imidazole rings is 1. The van der Waals surface area contributed by atoms with Crippen LogP contribution in [0.4, 0.5) is 10.2 Å². The van der Waals surface area contributed by atoms with Gasteiger partial charge >= 0.3 is 5.69 Å². The molecule has 0 aromatic carbocycles. The number of nitrogens with zero attached hydrogens (tertiary/aromatic N) is 5. The van der Waals surface area contributed by atoms with Crippen molar-refractivity contribution in [3.8, 4) is 0 Å². The van der Waals surface area contributed by atoms with Gasteiger partial charge in [-0.1, -0.05) is 11.4 Å². The predicted octanol–water partition coefficient (Wildman–Crippen LogP) is -1.42. The van der Waals surface area contributed by atoms with E-state index in [2.05, 4.69) is 15.0 Å². The van der Waals surface area contributed by atoms with Crippen molar-refractivity contribution in [2.75, 3.05) is 25.2 Å². The molecule has 3 aromatic rings. The SMILES string of the molecule is CO[C@@H]1[C@@H]2OP(=O)([O-])OC[C@H]3O[C@@H](n4cnc5c(N)ncnc54)[C@H](F)[C@@H]3OP(=O)([O-])SC[C@H]2O[C@H]1n1ccc(=O)[nH]c1=O. The molecule has 10 atom stereocenters. The monoisotopic (exact) mass is 665 g/mol. The fourth-order valence-electron chi connectivity index (χ4n) is 4.99. The zero-order chi connectivity index (χ0) is 30.7. The van der Waals surface area contributed by atoms with Gasteiger partial charge in [-0.25, -0.2) is 24.1 Å². The number of halogens is 1. The van der Waals surface area contributed by atoms with Crippen LogP contribution in [0.1, 0.15) is 12.5 Å². The largest absolute Gasteiger partial charge is 0.770 e. The maximum absolute atomic E-state index is 15.8. The number of H-pyrrole nitrogens is 1. The number of anilines is 1. The highest BCUT2D eigenvalue weighted by Gasteiger charge is 2.52. The number of nitrogen functional groups attached to an aromatic ring is 1. The molecule has 0 aliphatic carbocycles. The smallest absolute Gasteiger partial charge is 0.330 e. The van der Waals surface area contributed by atoms with Crippen molar-refractivity contribution < 1.29 is 51.1 Å². The first-order chi connectivity index (χ1) is 20.4. The Hall–Kier alpha value is -2.55. The molecular formula is C20H22FN7O12P2S-2. The number of nitrogens with two attached hydrogens (primary N) is 1. The second-order valence-corrected chi connectivity index (χ2v) is 14.7. The number of phosphoric ester groups is 1. The molecule has 0 saturated carbocycles. The first-order valence-electron chi connectivity index (χ1n) is 12.4. The van der Waals surface area contributed by atoms with Gasteiger partial charge < -0.3 is 43.3 Å². The minimum atomic E-state index is -5.25. The van der Waals surface area contributed by atoms with E-state index in [1.54, 1.807) is 0 Å². The summed E-state index contributed by atoms with van der Waals surface area (Å²) in [4.78, 5) is 63.8. The standard InChI is InChI=1S/C20H24FN7O12P2S/c1-35-15-14-9(38-19(15)27-3-2-10(29)26-20(27)30)5-43-42(33,34)40-13-8(4-36-41(31,32)39-14)37-18(11(13)21)28-7-25-12-16(22)23-6-24-17(12)28/h2-3,6-9,11,13-15,18-19H,4-5H2,1H3,(H,31,32)(H,33,34)(H2,22,23,24)(H,26,29,30)/p-2/t8-,9-,11-,13-,14-,15-,18-,19-/m1/s1. The number of aromatic amines is 1. The van der Waals surface area contributed by atoms with Gasteiger partial charge in [-0.2, -0.15) is 0 Å². The molecule has 3 saturated heterocycles. The number of fused-ring (bicyclic) bond motifs is 3. The number of alkyl halides is 1. The van der Waals surface area contributed by atoms with Gasteiger partial charge in [-0.15, -0.1) is 0 Å². The Morgan fingerprint density at radius 3 is 2.63 bits per heavy atom. The minimum Gasteiger partial charge on any atom is -0.770 e. The van der Waals surface area contributed by atoms with Crippen molar-refractivity contribution in [1.29, 1.82) is 0 Å². The molecule has 0 amide bonds. The number of aromatic nitrogens is 6. The van der Waals surface area contributed by atoms with Crippen LogP contribution < -0.4 is 26.8 Å². The van der Waals surface area contributed by atoms with Crippen LogP contribution in [0.3, 0.4) is 0 Å². The molecule has 0 radical (unpaired) electrons. The van der Waals surface area contributed by atoms with E-state index in [-0.39, 0.29) is 28.4 Å². The Morgan fingerprint density at radius 1 is 1.12 bits per heavy atom. The van der Waals surface area contributed by atoms with Crippen molar-refractivity contribution in [3.05, 3.63) is 45.8 Å². The summed E-state index contributed by atoms with van der Waals surface area (Å²) >= 11 is 0.201. The maximum atomic E-state index is 15.8. The average Bonchev–Trinajstić information content (AvgIpc) is 3.60.